The first kappa shape index (κ1) is 24.0. The SMILES string of the molecule is CC(C)(C)OC(=O)N1CCCC(N=c2ncc3cc(Oc4ccc(F)cc4F)c4n(c-3n2)CCN4)C1. The van der Waals surface area contributed by atoms with Gasteiger partial charge in [0.15, 0.2) is 23.1 Å². The van der Waals surface area contributed by atoms with Crippen LogP contribution in [0.3, 0.4) is 0 Å². The van der Waals surface area contributed by atoms with Gasteiger partial charge in [0.05, 0.1) is 6.04 Å². The number of rotatable bonds is 3. The van der Waals surface area contributed by atoms with E-state index < -0.39 is 17.2 Å². The Morgan fingerprint density at radius 1 is 1.19 bits per heavy atom. The molecule has 5 rings (SSSR count). The average Bonchev–Trinajstić information content (AvgIpc) is 3.31. The number of fused-ring (bicyclic) bond motifs is 3. The van der Waals surface area contributed by atoms with Crippen LogP contribution in [0.1, 0.15) is 33.6 Å². The maximum atomic E-state index is 14.2. The molecule has 0 aromatic heterocycles. The average molecular weight is 499 g/mol. The number of anilines is 1. The monoisotopic (exact) mass is 498 g/mol. The Bertz CT molecular complexity index is 1340. The van der Waals surface area contributed by atoms with Gasteiger partial charge in [-0.3, -0.25) is 0 Å². The number of benzene rings is 1. The fraction of sp³-hybridized carbons (Fsp3) is 0.440. The number of likely N-dealkylation sites (tertiary alicyclic amines) is 1. The summed E-state index contributed by atoms with van der Waals surface area (Å²) in [6.07, 6.45) is 2.94. The van der Waals surface area contributed by atoms with Gasteiger partial charge in [-0.05, 0) is 51.8 Å². The molecule has 1 atom stereocenters. The molecule has 0 bridgehead atoms. The van der Waals surface area contributed by atoms with Crippen LogP contribution in [0.25, 0.3) is 11.4 Å². The highest BCUT2D eigenvalue weighted by Gasteiger charge is 2.28. The van der Waals surface area contributed by atoms with Crippen LogP contribution < -0.4 is 15.7 Å². The smallest absolute Gasteiger partial charge is 0.410 e. The lowest BCUT2D eigenvalue weighted by Gasteiger charge is -2.32. The molecule has 1 fully saturated rings. The van der Waals surface area contributed by atoms with Crippen LogP contribution in [-0.2, 0) is 11.3 Å². The molecule has 1 aromatic rings. The van der Waals surface area contributed by atoms with Gasteiger partial charge in [-0.2, -0.15) is 4.98 Å². The summed E-state index contributed by atoms with van der Waals surface area (Å²) in [4.78, 5) is 28.0. The normalized spacial score (nSPS) is 18.2. The first-order valence-electron chi connectivity index (χ1n) is 12.0. The van der Waals surface area contributed by atoms with Gasteiger partial charge in [0.25, 0.3) is 0 Å². The van der Waals surface area contributed by atoms with E-state index in [0.29, 0.717) is 54.8 Å². The van der Waals surface area contributed by atoms with Crippen LogP contribution in [0.5, 0.6) is 11.5 Å². The van der Waals surface area contributed by atoms with E-state index in [-0.39, 0.29) is 17.9 Å². The molecule has 1 amide bonds. The molecule has 4 heterocycles. The van der Waals surface area contributed by atoms with Crippen molar-refractivity contribution in [3.8, 4) is 22.9 Å². The Kier molecular flexibility index (Phi) is 6.23. The van der Waals surface area contributed by atoms with Gasteiger partial charge >= 0.3 is 6.09 Å². The van der Waals surface area contributed by atoms with Crippen molar-refractivity contribution in [1.29, 1.82) is 0 Å². The van der Waals surface area contributed by atoms with Crippen molar-refractivity contribution in [3.05, 3.63) is 47.7 Å². The van der Waals surface area contributed by atoms with Crippen LogP contribution in [0.15, 0.2) is 35.5 Å². The van der Waals surface area contributed by atoms with Gasteiger partial charge in [-0.1, -0.05) is 0 Å². The number of hydrogen-bond donors (Lipinski definition) is 1. The first-order valence-corrected chi connectivity index (χ1v) is 12.0. The molecule has 1 saturated heterocycles. The van der Waals surface area contributed by atoms with Crippen molar-refractivity contribution in [2.75, 3.05) is 25.0 Å². The molecule has 36 heavy (non-hydrogen) atoms. The lowest BCUT2D eigenvalue weighted by molar-refractivity contribution is 0.0199. The second-order valence-corrected chi connectivity index (χ2v) is 9.91. The van der Waals surface area contributed by atoms with Crippen LogP contribution in [0, 0.1) is 11.6 Å². The lowest BCUT2D eigenvalue weighted by atomic mass is 10.1. The number of aromatic nitrogens is 3. The number of carbonyl (C=O) groups is 1. The van der Waals surface area contributed by atoms with Crippen molar-refractivity contribution >= 4 is 11.9 Å². The summed E-state index contributed by atoms with van der Waals surface area (Å²) in [6.45, 7) is 7.88. The molecular formula is C25H28F2N6O3. The summed E-state index contributed by atoms with van der Waals surface area (Å²) in [5.74, 6) is 0.156. The second kappa shape index (κ2) is 9.36. The van der Waals surface area contributed by atoms with Crippen LogP contribution >= 0.6 is 0 Å². The molecule has 1 aromatic carbocycles. The Labute approximate surface area is 207 Å². The maximum Gasteiger partial charge on any atom is 0.410 e. The molecule has 1 unspecified atom stereocenters. The van der Waals surface area contributed by atoms with Crippen molar-refractivity contribution < 1.29 is 23.0 Å². The standard InChI is InChI=1S/C25H28F2N6O3/c1-25(2,3)36-24(34)32-9-4-5-17(14-32)30-23-29-13-15-11-20(22-28-8-10-33(22)21(15)31-23)35-19-7-6-16(26)12-18(19)27/h6-7,11-13,17,28H,4-5,8-10,14H2,1-3H3. The van der Waals surface area contributed by atoms with Crippen molar-refractivity contribution in [2.24, 2.45) is 4.99 Å². The van der Waals surface area contributed by atoms with E-state index in [0.717, 1.165) is 25.0 Å². The molecule has 1 N–H and O–H groups in total. The van der Waals surface area contributed by atoms with Crippen molar-refractivity contribution in [1.82, 2.24) is 19.4 Å². The third kappa shape index (κ3) is 5.09. The van der Waals surface area contributed by atoms with E-state index in [1.165, 1.54) is 6.07 Å². The van der Waals surface area contributed by atoms with E-state index in [2.05, 4.69) is 15.3 Å². The predicted molar refractivity (Wildman–Crippen MR) is 128 cm³/mol. The lowest BCUT2D eigenvalue weighted by Crippen LogP contribution is -2.44. The first-order chi connectivity index (χ1) is 17.2. The molecule has 0 radical (unpaired) electrons. The number of carbonyl (C=O) groups excluding carboxylic acids is 1. The minimum Gasteiger partial charge on any atom is -0.450 e. The van der Waals surface area contributed by atoms with Crippen molar-refractivity contribution in [3.63, 3.8) is 0 Å². The molecule has 9 nitrogen and oxygen atoms in total. The number of nitrogens with one attached hydrogen (secondary N) is 1. The molecule has 0 aliphatic carbocycles. The fourth-order valence-corrected chi connectivity index (χ4v) is 4.36. The quantitative estimate of drug-likeness (QED) is 0.582. The minimum absolute atomic E-state index is 0.0772. The molecule has 190 valence electrons. The number of piperidine rings is 1. The molecule has 4 aliphatic heterocycles. The fourth-order valence-electron chi connectivity index (χ4n) is 4.36. The summed E-state index contributed by atoms with van der Waals surface area (Å²) in [5.41, 5.74) is 0.468. The predicted octanol–water partition coefficient (Wildman–Crippen LogP) is 4.18. The van der Waals surface area contributed by atoms with Gasteiger partial charge < -0.3 is 24.3 Å². The topological polar surface area (TPSA) is 93.9 Å². The van der Waals surface area contributed by atoms with E-state index in [4.69, 9.17) is 14.5 Å². The molecule has 4 aliphatic rings. The number of hydrogen-bond acceptors (Lipinski definition) is 7. The van der Waals surface area contributed by atoms with E-state index in [1.54, 1.807) is 17.2 Å². The summed E-state index contributed by atoms with van der Waals surface area (Å²) >= 11 is 0. The third-order valence-corrected chi connectivity index (χ3v) is 5.92. The minimum atomic E-state index is -0.787. The molecular weight excluding hydrogens is 470 g/mol. The zero-order valence-electron chi connectivity index (χ0n) is 20.4. The van der Waals surface area contributed by atoms with Crippen LogP contribution in [0.4, 0.5) is 19.4 Å². The number of amides is 1. The zero-order chi connectivity index (χ0) is 25.4. The maximum absolute atomic E-state index is 14.2. The van der Waals surface area contributed by atoms with E-state index in [1.807, 2.05) is 25.3 Å². The number of halogens is 2. The van der Waals surface area contributed by atoms with Gasteiger partial charge in [-0.25, -0.2) is 23.6 Å². The van der Waals surface area contributed by atoms with E-state index in [9.17, 15) is 13.6 Å². The van der Waals surface area contributed by atoms with Gasteiger partial charge in [0.1, 0.15) is 17.2 Å². The summed E-state index contributed by atoms with van der Waals surface area (Å²) < 4.78 is 40.7. The van der Waals surface area contributed by atoms with Gasteiger partial charge in [0, 0.05) is 44.0 Å². The van der Waals surface area contributed by atoms with Crippen LogP contribution in [-0.4, -0.2) is 56.8 Å². The van der Waals surface area contributed by atoms with Crippen molar-refractivity contribution in [2.45, 2.75) is 51.8 Å². The zero-order valence-corrected chi connectivity index (χ0v) is 20.4. The summed E-state index contributed by atoms with van der Waals surface area (Å²) in [7, 11) is 0. The number of pyridine rings is 1. The highest BCUT2D eigenvalue weighted by atomic mass is 19.1. The third-order valence-electron chi connectivity index (χ3n) is 5.92. The molecule has 0 spiro atoms. The highest BCUT2D eigenvalue weighted by molar-refractivity contribution is 5.69. The van der Waals surface area contributed by atoms with Crippen LogP contribution in [0.2, 0.25) is 0 Å². The molecule has 0 saturated carbocycles. The van der Waals surface area contributed by atoms with Gasteiger partial charge in [-0.15, -0.1) is 0 Å². The molecule has 11 heteroatoms. The Balaban J connectivity index is 1.42. The van der Waals surface area contributed by atoms with E-state index >= 15 is 0 Å². The highest BCUT2D eigenvalue weighted by Crippen LogP contribution is 2.38. The largest absolute Gasteiger partial charge is 0.450 e. The number of nitrogens with zero attached hydrogens (tertiary/aromatic N) is 5. The second-order valence-electron chi connectivity index (χ2n) is 9.91. The Hall–Kier alpha value is -3.76. The Morgan fingerprint density at radius 2 is 2.03 bits per heavy atom. The summed E-state index contributed by atoms with van der Waals surface area (Å²) in [5, 5.41) is 3.24. The summed E-state index contributed by atoms with van der Waals surface area (Å²) in [6, 6.07) is 4.76. The Morgan fingerprint density at radius 3 is 2.81 bits per heavy atom. The van der Waals surface area contributed by atoms with Gasteiger partial charge in [0.2, 0.25) is 5.62 Å². The number of ether oxygens (including phenoxy) is 2.